The second-order valence-corrected chi connectivity index (χ2v) is 14.6. The van der Waals surface area contributed by atoms with Gasteiger partial charge in [0.15, 0.2) is 0 Å². The van der Waals surface area contributed by atoms with Crippen molar-refractivity contribution in [2.45, 2.75) is 90.4 Å². The molecule has 0 aliphatic carbocycles. The molecule has 0 fully saturated rings. The highest BCUT2D eigenvalue weighted by Crippen LogP contribution is 2.40. The van der Waals surface area contributed by atoms with E-state index < -0.39 is 36.2 Å². The van der Waals surface area contributed by atoms with Crippen LogP contribution in [0.3, 0.4) is 0 Å². The van der Waals surface area contributed by atoms with Crippen LogP contribution < -0.4 is 14.2 Å². The molecule has 12 nitrogen and oxygen atoms in total. The molecule has 5 unspecified atom stereocenters. The summed E-state index contributed by atoms with van der Waals surface area (Å²) in [6.07, 6.45) is -0.710. The molecule has 0 heterocycles. The third-order valence-electron chi connectivity index (χ3n) is 9.36. The fourth-order valence-electron chi connectivity index (χ4n) is 6.09. The zero-order valence-electron chi connectivity index (χ0n) is 34.9. The molecule has 0 aliphatic rings. The monoisotopic (exact) mass is 816 g/mol. The molecule has 0 spiro atoms. The van der Waals surface area contributed by atoms with Crippen LogP contribution in [0.5, 0.6) is 17.2 Å². The van der Waals surface area contributed by atoms with Crippen LogP contribution in [-0.2, 0) is 41.4 Å². The van der Waals surface area contributed by atoms with Gasteiger partial charge in [-0.3, -0.25) is 0 Å². The Balaban J connectivity index is 1.92. The Kier molecular flexibility index (Phi) is 19.9. The van der Waals surface area contributed by atoms with E-state index in [1.54, 1.807) is 0 Å². The number of hydrogen-bond donors (Lipinski definition) is 3. The first-order valence-electron chi connectivity index (χ1n) is 19.8. The van der Waals surface area contributed by atoms with E-state index in [9.17, 15) is 29.7 Å². The van der Waals surface area contributed by atoms with Gasteiger partial charge in [0.05, 0.1) is 0 Å². The molecule has 5 atom stereocenters. The van der Waals surface area contributed by atoms with Crippen LogP contribution in [0.15, 0.2) is 103 Å². The topological polar surface area (TPSA) is 167 Å². The van der Waals surface area contributed by atoms with Crippen molar-refractivity contribution < 1.29 is 58.1 Å². The molecule has 0 aromatic heterocycles. The summed E-state index contributed by atoms with van der Waals surface area (Å²) in [6, 6.07) is 21.1. The lowest BCUT2D eigenvalue weighted by Crippen LogP contribution is -2.26. The first kappa shape index (κ1) is 47.9. The van der Waals surface area contributed by atoms with E-state index in [0.29, 0.717) is 36.5 Å². The average molecular weight is 817 g/mol. The molecular formula is C47H60O12. The number of esters is 3. The van der Waals surface area contributed by atoms with Gasteiger partial charge < -0.3 is 43.7 Å². The zero-order chi connectivity index (χ0) is 43.5. The van der Waals surface area contributed by atoms with Crippen LogP contribution in [0, 0.1) is 0 Å². The molecular weight excluding hydrogens is 757 g/mol. The molecule has 0 saturated heterocycles. The molecule has 320 valence electrons. The van der Waals surface area contributed by atoms with Gasteiger partial charge in [0, 0.05) is 16.7 Å². The SMILES string of the molecule is C=C(C)C(=O)OCC(O)COc1ccccc1CC(CC)c1cccc(CC(CC)c2ccccc2OCC(O)COC(=O)C(=C)C)c1OCC(O)COC(=O)C(=C)C. The highest BCUT2D eigenvalue weighted by atomic mass is 16.6. The number of carbonyl (C=O) groups is 3. The summed E-state index contributed by atoms with van der Waals surface area (Å²) in [4.78, 5) is 35.7. The van der Waals surface area contributed by atoms with Crippen molar-refractivity contribution >= 4 is 17.9 Å². The number of benzene rings is 3. The van der Waals surface area contributed by atoms with E-state index in [2.05, 4.69) is 33.6 Å². The van der Waals surface area contributed by atoms with Gasteiger partial charge in [-0.2, -0.15) is 0 Å². The molecule has 3 aromatic rings. The van der Waals surface area contributed by atoms with Crippen LogP contribution in [0.1, 0.15) is 81.5 Å². The van der Waals surface area contributed by atoms with Crippen molar-refractivity contribution in [2.75, 3.05) is 39.6 Å². The molecule has 0 saturated carbocycles. The van der Waals surface area contributed by atoms with Gasteiger partial charge >= 0.3 is 17.9 Å². The Labute approximate surface area is 348 Å². The molecule has 0 aliphatic heterocycles. The van der Waals surface area contributed by atoms with Gasteiger partial charge in [0.1, 0.15) is 75.2 Å². The lowest BCUT2D eigenvalue weighted by Gasteiger charge is -2.26. The minimum atomic E-state index is -1.12. The molecule has 3 rings (SSSR count). The van der Waals surface area contributed by atoms with Crippen LogP contribution in [0.25, 0.3) is 0 Å². The molecule has 0 amide bonds. The summed E-state index contributed by atoms with van der Waals surface area (Å²) in [5.41, 5.74) is 4.29. The maximum atomic E-state index is 12.0. The van der Waals surface area contributed by atoms with Gasteiger partial charge in [0.2, 0.25) is 0 Å². The van der Waals surface area contributed by atoms with Gasteiger partial charge in [0.25, 0.3) is 0 Å². The Morgan fingerprint density at radius 3 is 1.41 bits per heavy atom. The number of para-hydroxylation sites is 3. The minimum absolute atomic E-state index is 0.0565. The van der Waals surface area contributed by atoms with E-state index >= 15 is 0 Å². The standard InChI is InChI=1S/C47H60O12/c1-9-33(40-18-12-14-21-43(40)55-25-38(49)28-58-46(52)31(5)6)23-36-17-15-19-41(44(36)56-26-39(50)29-59-47(53)32(7)8)34(10-2)22-35-16-11-13-20-42(35)54-24-37(48)27-57-45(51)30(3)4/h11-21,33-34,37-39,48-50H,3,5,7,9-10,22-29H2,1-2,4,6,8H3. The third kappa shape index (κ3) is 15.7. The Morgan fingerprint density at radius 2 is 0.898 bits per heavy atom. The summed E-state index contributed by atoms with van der Waals surface area (Å²) in [7, 11) is 0. The molecule has 3 aromatic carbocycles. The fraction of sp³-hybridized carbons (Fsp3) is 0.426. The van der Waals surface area contributed by atoms with Crippen molar-refractivity contribution in [3.8, 4) is 17.2 Å². The average Bonchev–Trinajstić information content (AvgIpc) is 3.22. The molecule has 0 bridgehead atoms. The second-order valence-electron chi connectivity index (χ2n) is 14.6. The first-order valence-corrected chi connectivity index (χ1v) is 19.8. The lowest BCUT2D eigenvalue weighted by atomic mass is 9.84. The van der Waals surface area contributed by atoms with E-state index in [4.69, 9.17) is 28.4 Å². The van der Waals surface area contributed by atoms with E-state index in [1.165, 1.54) is 20.8 Å². The van der Waals surface area contributed by atoms with Crippen molar-refractivity contribution in [1.29, 1.82) is 0 Å². The fourth-order valence-corrected chi connectivity index (χ4v) is 6.09. The Morgan fingerprint density at radius 1 is 0.508 bits per heavy atom. The number of aliphatic hydroxyl groups excluding tert-OH is 3. The van der Waals surface area contributed by atoms with Crippen molar-refractivity contribution in [3.63, 3.8) is 0 Å². The molecule has 12 heteroatoms. The van der Waals surface area contributed by atoms with Gasteiger partial charge in [-0.25, -0.2) is 14.4 Å². The number of aliphatic hydroxyl groups is 3. The quantitative estimate of drug-likeness (QED) is 0.0445. The molecule has 3 N–H and O–H groups in total. The number of carbonyl (C=O) groups excluding carboxylic acids is 3. The summed E-state index contributed by atoms with van der Waals surface area (Å²) in [6.45, 7) is 18.4. The van der Waals surface area contributed by atoms with Gasteiger partial charge in [-0.1, -0.05) is 88.2 Å². The number of hydrogen-bond acceptors (Lipinski definition) is 12. The Bertz CT molecular complexity index is 1880. The summed E-state index contributed by atoms with van der Waals surface area (Å²) in [5, 5.41) is 31.8. The predicted octanol–water partition coefficient (Wildman–Crippen LogP) is 6.74. The van der Waals surface area contributed by atoms with Crippen LogP contribution in [-0.4, -0.2) is 91.2 Å². The second kappa shape index (κ2) is 24.5. The van der Waals surface area contributed by atoms with E-state index in [0.717, 1.165) is 28.7 Å². The Hall–Kier alpha value is -5.43. The van der Waals surface area contributed by atoms with E-state index in [1.807, 2.05) is 66.7 Å². The van der Waals surface area contributed by atoms with Crippen LogP contribution >= 0.6 is 0 Å². The van der Waals surface area contributed by atoms with E-state index in [-0.39, 0.29) is 68.2 Å². The van der Waals surface area contributed by atoms with Crippen LogP contribution in [0.4, 0.5) is 0 Å². The van der Waals surface area contributed by atoms with Gasteiger partial charge in [-0.05, 0) is 92.7 Å². The highest BCUT2D eigenvalue weighted by Gasteiger charge is 2.25. The largest absolute Gasteiger partial charge is 0.490 e. The predicted molar refractivity (Wildman–Crippen MR) is 225 cm³/mol. The third-order valence-corrected chi connectivity index (χ3v) is 9.36. The zero-order valence-corrected chi connectivity index (χ0v) is 34.9. The van der Waals surface area contributed by atoms with Crippen molar-refractivity contribution in [1.82, 2.24) is 0 Å². The normalized spacial score (nSPS) is 13.5. The summed E-state index contributed by atoms with van der Waals surface area (Å²) < 4.78 is 34.0. The number of ether oxygens (including phenoxy) is 6. The van der Waals surface area contributed by atoms with Gasteiger partial charge in [-0.15, -0.1) is 0 Å². The van der Waals surface area contributed by atoms with Crippen molar-refractivity contribution in [2.24, 2.45) is 0 Å². The minimum Gasteiger partial charge on any atom is -0.490 e. The summed E-state index contributed by atoms with van der Waals surface area (Å²) in [5.74, 6) is -0.158. The smallest absolute Gasteiger partial charge is 0.333 e. The van der Waals surface area contributed by atoms with Crippen molar-refractivity contribution in [3.05, 3.63) is 125 Å². The van der Waals surface area contributed by atoms with Crippen LogP contribution in [0.2, 0.25) is 0 Å². The maximum Gasteiger partial charge on any atom is 0.333 e. The maximum absolute atomic E-state index is 12.0. The lowest BCUT2D eigenvalue weighted by molar-refractivity contribution is -0.143. The highest BCUT2D eigenvalue weighted by molar-refractivity contribution is 5.87. The first-order chi connectivity index (χ1) is 28.1. The molecule has 0 radical (unpaired) electrons. The summed E-state index contributed by atoms with van der Waals surface area (Å²) >= 11 is 0. The molecule has 59 heavy (non-hydrogen) atoms. The number of rotatable bonds is 26.